The fourth-order valence-electron chi connectivity index (χ4n) is 3.48. The summed E-state index contributed by atoms with van der Waals surface area (Å²) < 4.78 is 25.9. The summed E-state index contributed by atoms with van der Waals surface area (Å²) in [5.41, 5.74) is 4.67. The van der Waals surface area contributed by atoms with Crippen LogP contribution in [-0.4, -0.2) is 26.6 Å². The Balaban J connectivity index is 1.87. The molecule has 3 rings (SSSR count). The maximum absolute atomic E-state index is 12.7. The molecular weight excluding hydrogens is 384 g/mol. The average Bonchev–Trinajstić information content (AvgIpc) is 2.57. The number of benzene rings is 2. The number of halogens is 1. The zero-order valence-electron chi connectivity index (χ0n) is 15.7. The van der Waals surface area contributed by atoms with Crippen LogP contribution in [0, 0.1) is 20.8 Å². The van der Waals surface area contributed by atoms with Crippen LogP contribution < -0.4 is 9.62 Å². The molecule has 2 aromatic carbocycles. The highest BCUT2D eigenvalue weighted by atomic mass is 35.5. The lowest BCUT2D eigenvalue weighted by molar-refractivity contribution is 0.102. The van der Waals surface area contributed by atoms with Crippen LogP contribution in [0.2, 0.25) is 5.02 Å². The molecule has 2 aromatic rings. The quantitative estimate of drug-likeness (QED) is 0.818. The summed E-state index contributed by atoms with van der Waals surface area (Å²) in [6.07, 6.45) is 1.48. The lowest BCUT2D eigenvalue weighted by Crippen LogP contribution is -2.37. The third kappa shape index (κ3) is 4.12. The molecule has 1 aliphatic rings. The summed E-state index contributed by atoms with van der Waals surface area (Å²) in [5.74, 6) is -0.179. The summed E-state index contributed by atoms with van der Waals surface area (Å²) in [5, 5.41) is 3.15. The van der Waals surface area contributed by atoms with Crippen molar-refractivity contribution in [2.45, 2.75) is 33.6 Å². The van der Waals surface area contributed by atoms with Gasteiger partial charge in [0.1, 0.15) is 0 Å². The van der Waals surface area contributed by atoms with Crippen molar-refractivity contribution in [3.05, 3.63) is 57.6 Å². The maximum atomic E-state index is 12.7. The van der Waals surface area contributed by atoms with E-state index in [0.717, 1.165) is 28.8 Å². The minimum Gasteiger partial charge on any atom is -0.321 e. The summed E-state index contributed by atoms with van der Waals surface area (Å²) in [4.78, 5) is 12.7. The molecule has 0 spiro atoms. The SMILES string of the molecule is Cc1cc(C)c(NC(=O)c2ccc(N3CCCCS3(=O)=O)cc2Cl)c(C)c1. The molecule has 0 unspecified atom stereocenters. The Kier molecular flexibility index (Phi) is 5.49. The Hall–Kier alpha value is -2.05. The number of hydrogen-bond acceptors (Lipinski definition) is 3. The van der Waals surface area contributed by atoms with Crippen LogP contribution in [0.4, 0.5) is 11.4 Å². The van der Waals surface area contributed by atoms with Crippen molar-refractivity contribution in [1.29, 1.82) is 0 Å². The molecule has 0 atom stereocenters. The van der Waals surface area contributed by atoms with Crippen molar-refractivity contribution in [3.8, 4) is 0 Å². The van der Waals surface area contributed by atoms with E-state index in [4.69, 9.17) is 11.6 Å². The number of carbonyl (C=O) groups excluding carboxylic acids is 1. The molecule has 0 aromatic heterocycles. The fraction of sp³-hybridized carbons (Fsp3) is 0.350. The van der Waals surface area contributed by atoms with Crippen molar-refractivity contribution in [2.75, 3.05) is 21.9 Å². The Morgan fingerprint density at radius 3 is 2.33 bits per heavy atom. The number of aryl methyl sites for hydroxylation is 3. The molecule has 144 valence electrons. The first-order chi connectivity index (χ1) is 12.7. The second-order valence-electron chi connectivity index (χ2n) is 6.99. The van der Waals surface area contributed by atoms with Gasteiger partial charge in [0.15, 0.2) is 0 Å². The van der Waals surface area contributed by atoms with E-state index in [-0.39, 0.29) is 16.7 Å². The number of nitrogens with zero attached hydrogens (tertiary/aromatic N) is 1. The highest BCUT2D eigenvalue weighted by Gasteiger charge is 2.26. The number of amides is 1. The molecule has 27 heavy (non-hydrogen) atoms. The molecule has 1 N–H and O–H groups in total. The molecule has 1 aliphatic heterocycles. The number of nitrogens with one attached hydrogen (secondary N) is 1. The van der Waals surface area contributed by atoms with Gasteiger partial charge in [0.2, 0.25) is 10.0 Å². The monoisotopic (exact) mass is 406 g/mol. The number of carbonyl (C=O) groups is 1. The van der Waals surface area contributed by atoms with E-state index in [1.807, 2.05) is 32.9 Å². The Labute approximate surface area is 165 Å². The summed E-state index contributed by atoms with van der Waals surface area (Å²) in [6, 6.07) is 8.78. The van der Waals surface area contributed by atoms with Gasteiger partial charge >= 0.3 is 0 Å². The van der Waals surface area contributed by atoms with Crippen LogP contribution in [0.1, 0.15) is 39.9 Å². The van der Waals surface area contributed by atoms with E-state index >= 15 is 0 Å². The zero-order chi connectivity index (χ0) is 19.8. The van der Waals surface area contributed by atoms with Crippen LogP contribution in [0.5, 0.6) is 0 Å². The Morgan fingerprint density at radius 2 is 1.74 bits per heavy atom. The lowest BCUT2D eigenvalue weighted by atomic mass is 10.0. The van der Waals surface area contributed by atoms with Gasteiger partial charge in [0, 0.05) is 12.2 Å². The van der Waals surface area contributed by atoms with Crippen molar-refractivity contribution in [2.24, 2.45) is 0 Å². The Morgan fingerprint density at radius 1 is 1.07 bits per heavy atom. The molecule has 7 heteroatoms. The van der Waals surface area contributed by atoms with Crippen LogP contribution in [0.25, 0.3) is 0 Å². The minimum absolute atomic E-state index is 0.138. The minimum atomic E-state index is -3.32. The standard InChI is InChI=1S/C20H23ClN2O3S/c1-13-10-14(2)19(15(3)11-13)22-20(24)17-7-6-16(12-18(17)21)23-8-4-5-9-27(23,25)26/h6-7,10-12H,4-5,8-9H2,1-3H3,(H,22,24). The highest BCUT2D eigenvalue weighted by Crippen LogP contribution is 2.29. The predicted molar refractivity (Wildman–Crippen MR) is 110 cm³/mol. The van der Waals surface area contributed by atoms with Crippen molar-refractivity contribution < 1.29 is 13.2 Å². The summed E-state index contributed by atoms with van der Waals surface area (Å²) >= 11 is 6.33. The van der Waals surface area contributed by atoms with Crippen molar-refractivity contribution in [1.82, 2.24) is 0 Å². The van der Waals surface area contributed by atoms with E-state index < -0.39 is 10.0 Å². The van der Waals surface area contributed by atoms with Crippen LogP contribution >= 0.6 is 11.6 Å². The van der Waals surface area contributed by atoms with E-state index in [2.05, 4.69) is 5.32 Å². The zero-order valence-corrected chi connectivity index (χ0v) is 17.2. The largest absolute Gasteiger partial charge is 0.321 e. The van der Waals surface area contributed by atoms with Gasteiger partial charge in [0.25, 0.3) is 5.91 Å². The van der Waals surface area contributed by atoms with Gasteiger partial charge in [-0.05, 0) is 62.9 Å². The average molecular weight is 407 g/mol. The normalized spacial score (nSPS) is 16.2. The third-order valence-corrected chi connectivity index (χ3v) is 6.93. The summed E-state index contributed by atoms with van der Waals surface area (Å²) in [6.45, 7) is 6.34. The van der Waals surface area contributed by atoms with Gasteiger partial charge in [-0.3, -0.25) is 9.10 Å². The first-order valence-electron chi connectivity index (χ1n) is 8.88. The van der Waals surface area contributed by atoms with E-state index in [1.165, 1.54) is 4.31 Å². The van der Waals surface area contributed by atoms with Crippen molar-refractivity contribution >= 4 is 38.9 Å². The van der Waals surface area contributed by atoms with Gasteiger partial charge in [-0.25, -0.2) is 8.42 Å². The molecule has 1 fully saturated rings. The molecule has 5 nitrogen and oxygen atoms in total. The molecule has 0 saturated carbocycles. The van der Waals surface area contributed by atoms with Crippen molar-refractivity contribution in [3.63, 3.8) is 0 Å². The van der Waals surface area contributed by atoms with E-state index in [0.29, 0.717) is 24.2 Å². The van der Waals surface area contributed by atoms with Gasteiger partial charge in [-0.1, -0.05) is 29.3 Å². The maximum Gasteiger partial charge on any atom is 0.257 e. The Bertz CT molecular complexity index is 979. The number of anilines is 2. The summed E-state index contributed by atoms with van der Waals surface area (Å²) in [7, 11) is -3.32. The van der Waals surface area contributed by atoms with Gasteiger partial charge in [-0.2, -0.15) is 0 Å². The van der Waals surface area contributed by atoms with Crippen LogP contribution in [0.15, 0.2) is 30.3 Å². The highest BCUT2D eigenvalue weighted by molar-refractivity contribution is 7.92. The first-order valence-corrected chi connectivity index (χ1v) is 10.9. The van der Waals surface area contributed by atoms with Gasteiger partial charge < -0.3 is 5.32 Å². The molecule has 0 bridgehead atoms. The van der Waals surface area contributed by atoms with Gasteiger partial charge in [0.05, 0.1) is 22.0 Å². The number of sulfonamides is 1. The third-order valence-electron chi connectivity index (χ3n) is 4.75. The predicted octanol–water partition coefficient (Wildman–Crippen LogP) is 4.45. The van der Waals surface area contributed by atoms with Crippen LogP contribution in [-0.2, 0) is 10.0 Å². The second kappa shape index (κ2) is 7.52. The second-order valence-corrected chi connectivity index (χ2v) is 9.41. The van der Waals surface area contributed by atoms with Gasteiger partial charge in [-0.15, -0.1) is 0 Å². The lowest BCUT2D eigenvalue weighted by Gasteiger charge is -2.28. The smallest absolute Gasteiger partial charge is 0.257 e. The molecular formula is C20H23ClN2O3S. The molecule has 0 aliphatic carbocycles. The molecule has 1 amide bonds. The number of rotatable bonds is 3. The van der Waals surface area contributed by atoms with E-state index in [9.17, 15) is 13.2 Å². The van der Waals surface area contributed by atoms with E-state index in [1.54, 1.807) is 18.2 Å². The fourth-order valence-corrected chi connectivity index (χ4v) is 5.37. The molecule has 0 radical (unpaired) electrons. The number of hydrogen-bond donors (Lipinski definition) is 1. The first kappa shape index (κ1) is 19.7. The molecule has 1 saturated heterocycles. The topological polar surface area (TPSA) is 66.5 Å². The molecule has 1 heterocycles. The van der Waals surface area contributed by atoms with Crippen LogP contribution in [0.3, 0.4) is 0 Å².